The van der Waals surface area contributed by atoms with Crippen LogP contribution in [0.25, 0.3) is 0 Å². The summed E-state index contributed by atoms with van der Waals surface area (Å²) in [7, 11) is 0. The van der Waals surface area contributed by atoms with Crippen LogP contribution in [-0.2, 0) is 4.79 Å². The van der Waals surface area contributed by atoms with Gasteiger partial charge in [-0.05, 0) is 62.6 Å². The number of hydrogen-bond donors (Lipinski definition) is 1. The summed E-state index contributed by atoms with van der Waals surface area (Å²) in [6.45, 7) is 5.41. The van der Waals surface area contributed by atoms with Gasteiger partial charge in [0.05, 0.1) is 5.92 Å². The Balaban J connectivity index is 1.48. The fourth-order valence-electron chi connectivity index (χ4n) is 3.71. The summed E-state index contributed by atoms with van der Waals surface area (Å²) in [5.41, 5.74) is 3.03. The van der Waals surface area contributed by atoms with E-state index in [1.165, 1.54) is 0 Å². The van der Waals surface area contributed by atoms with Crippen LogP contribution in [0, 0.1) is 19.8 Å². The molecule has 31 heavy (non-hydrogen) atoms. The zero-order valence-corrected chi connectivity index (χ0v) is 19.2. The summed E-state index contributed by atoms with van der Waals surface area (Å²) in [5.74, 6) is 1.73. The number of piperidine rings is 1. The van der Waals surface area contributed by atoms with Crippen LogP contribution in [0.3, 0.4) is 0 Å². The third kappa shape index (κ3) is 5.22. The number of carbonyl (C=O) groups excluding carboxylic acids is 1. The standard InChI is InChI=1S/C24H25BrN4O2/c1-16-5-8-20(9-6-16)31-24-22(26-11-12-27-24)29-13-3-4-18(15-29)23(30)28-21-10-7-19(25)14-17(21)2/h5-12,14,18H,3-4,13,15H2,1-2H3,(H,28,30)/t18-/m0/s1. The highest BCUT2D eigenvalue weighted by Gasteiger charge is 2.29. The van der Waals surface area contributed by atoms with E-state index in [4.69, 9.17) is 4.74 Å². The number of benzene rings is 2. The van der Waals surface area contributed by atoms with Crippen LogP contribution in [0.5, 0.6) is 11.6 Å². The van der Waals surface area contributed by atoms with Gasteiger partial charge >= 0.3 is 0 Å². The molecule has 4 rings (SSSR count). The molecule has 0 spiro atoms. The van der Waals surface area contributed by atoms with Crippen LogP contribution in [0.15, 0.2) is 59.3 Å². The van der Waals surface area contributed by atoms with Gasteiger partial charge in [-0.15, -0.1) is 0 Å². The van der Waals surface area contributed by atoms with Gasteiger partial charge in [-0.3, -0.25) is 4.79 Å². The molecule has 6 nitrogen and oxygen atoms in total. The van der Waals surface area contributed by atoms with Crippen molar-refractivity contribution in [2.75, 3.05) is 23.3 Å². The number of nitrogens with zero attached hydrogens (tertiary/aromatic N) is 3. The lowest BCUT2D eigenvalue weighted by Gasteiger charge is -2.33. The molecule has 1 N–H and O–H groups in total. The second-order valence-corrected chi connectivity index (χ2v) is 8.75. The molecular weight excluding hydrogens is 456 g/mol. The Kier molecular flexibility index (Phi) is 6.51. The normalized spacial score (nSPS) is 16.1. The van der Waals surface area contributed by atoms with Gasteiger partial charge in [-0.25, -0.2) is 9.97 Å². The number of hydrogen-bond acceptors (Lipinski definition) is 5. The monoisotopic (exact) mass is 480 g/mol. The molecular formula is C24H25BrN4O2. The smallest absolute Gasteiger partial charge is 0.263 e. The minimum atomic E-state index is -0.133. The summed E-state index contributed by atoms with van der Waals surface area (Å²) in [6.07, 6.45) is 5.02. The second kappa shape index (κ2) is 9.47. The first-order valence-electron chi connectivity index (χ1n) is 10.4. The SMILES string of the molecule is Cc1ccc(Oc2nccnc2N2CCC[C@H](C(=O)Nc3ccc(Br)cc3C)C2)cc1. The maximum atomic E-state index is 13.0. The predicted octanol–water partition coefficient (Wildman–Crippen LogP) is 5.50. The largest absolute Gasteiger partial charge is 0.436 e. The van der Waals surface area contributed by atoms with Crippen molar-refractivity contribution in [2.45, 2.75) is 26.7 Å². The molecule has 3 aromatic rings. The highest BCUT2D eigenvalue weighted by molar-refractivity contribution is 9.10. The Hall–Kier alpha value is -2.93. The van der Waals surface area contributed by atoms with Gasteiger partial charge in [0.1, 0.15) is 5.75 Å². The molecule has 1 atom stereocenters. The average molecular weight is 481 g/mol. The van der Waals surface area contributed by atoms with E-state index in [2.05, 4.69) is 36.1 Å². The third-order valence-electron chi connectivity index (χ3n) is 5.42. The molecule has 1 aromatic heterocycles. The number of ether oxygens (including phenoxy) is 1. The zero-order chi connectivity index (χ0) is 21.8. The molecule has 2 aromatic carbocycles. The molecule has 1 aliphatic rings. The van der Waals surface area contributed by atoms with E-state index < -0.39 is 0 Å². The van der Waals surface area contributed by atoms with Crippen molar-refractivity contribution in [1.29, 1.82) is 0 Å². The number of aryl methyl sites for hydroxylation is 2. The number of anilines is 2. The Morgan fingerprint density at radius 1 is 1.13 bits per heavy atom. The number of carbonyl (C=O) groups is 1. The molecule has 2 heterocycles. The number of nitrogens with one attached hydrogen (secondary N) is 1. The third-order valence-corrected chi connectivity index (χ3v) is 5.91. The van der Waals surface area contributed by atoms with Crippen LogP contribution >= 0.6 is 15.9 Å². The van der Waals surface area contributed by atoms with Crippen LogP contribution in [0.1, 0.15) is 24.0 Å². The zero-order valence-electron chi connectivity index (χ0n) is 17.6. The van der Waals surface area contributed by atoms with Crippen molar-refractivity contribution in [3.8, 4) is 11.6 Å². The van der Waals surface area contributed by atoms with Gasteiger partial charge in [0.15, 0.2) is 5.82 Å². The van der Waals surface area contributed by atoms with E-state index in [1.54, 1.807) is 12.4 Å². The molecule has 1 saturated heterocycles. The van der Waals surface area contributed by atoms with Crippen molar-refractivity contribution in [3.63, 3.8) is 0 Å². The first-order chi connectivity index (χ1) is 15.0. The minimum absolute atomic E-state index is 0.0278. The lowest BCUT2D eigenvalue weighted by atomic mass is 9.97. The van der Waals surface area contributed by atoms with E-state index in [9.17, 15) is 4.79 Å². The lowest BCUT2D eigenvalue weighted by Crippen LogP contribution is -2.41. The molecule has 0 bridgehead atoms. The molecule has 0 aliphatic carbocycles. The average Bonchev–Trinajstić information content (AvgIpc) is 2.78. The molecule has 1 aliphatic heterocycles. The number of aromatic nitrogens is 2. The van der Waals surface area contributed by atoms with E-state index in [0.29, 0.717) is 24.0 Å². The Bertz CT molecular complexity index is 1070. The van der Waals surface area contributed by atoms with Crippen molar-refractivity contribution in [1.82, 2.24) is 9.97 Å². The Morgan fingerprint density at radius 3 is 2.68 bits per heavy atom. The maximum absolute atomic E-state index is 13.0. The van der Waals surface area contributed by atoms with Gasteiger partial charge in [0.25, 0.3) is 5.88 Å². The van der Waals surface area contributed by atoms with Gasteiger partial charge in [0, 0.05) is 35.6 Å². The highest BCUT2D eigenvalue weighted by Crippen LogP contribution is 2.31. The fraction of sp³-hybridized carbons (Fsp3) is 0.292. The summed E-state index contributed by atoms with van der Waals surface area (Å²) in [5, 5.41) is 3.09. The lowest BCUT2D eigenvalue weighted by molar-refractivity contribution is -0.120. The quantitative estimate of drug-likeness (QED) is 0.521. The number of halogens is 1. The first kappa shape index (κ1) is 21.3. The Labute approximate surface area is 190 Å². The minimum Gasteiger partial charge on any atom is -0.436 e. The van der Waals surface area contributed by atoms with Crippen LogP contribution < -0.4 is 15.0 Å². The summed E-state index contributed by atoms with van der Waals surface area (Å²) in [4.78, 5) is 24.0. The summed E-state index contributed by atoms with van der Waals surface area (Å²) >= 11 is 3.46. The van der Waals surface area contributed by atoms with Gasteiger partial charge < -0.3 is 15.0 Å². The van der Waals surface area contributed by atoms with Crippen molar-refractivity contribution >= 4 is 33.3 Å². The van der Waals surface area contributed by atoms with Gasteiger partial charge in [-0.1, -0.05) is 33.6 Å². The fourth-order valence-corrected chi connectivity index (χ4v) is 4.19. The number of rotatable bonds is 5. The van der Waals surface area contributed by atoms with Crippen molar-refractivity contribution < 1.29 is 9.53 Å². The van der Waals surface area contributed by atoms with E-state index in [0.717, 1.165) is 40.7 Å². The molecule has 1 fully saturated rings. The van der Waals surface area contributed by atoms with E-state index in [-0.39, 0.29) is 11.8 Å². The summed E-state index contributed by atoms with van der Waals surface area (Å²) < 4.78 is 7.01. The topological polar surface area (TPSA) is 67.4 Å². The van der Waals surface area contributed by atoms with Crippen LogP contribution in [0.2, 0.25) is 0 Å². The Morgan fingerprint density at radius 2 is 1.90 bits per heavy atom. The van der Waals surface area contributed by atoms with Gasteiger partial charge in [-0.2, -0.15) is 0 Å². The number of amides is 1. The second-order valence-electron chi connectivity index (χ2n) is 7.83. The van der Waals surface area contributed by atoms with E-state index >= 15 is 0 Å². The maximum Gasteiger partial charge on any atom is 0.263 e. The van der Waals surface area contributed by atoms with Crippen molar-refractivity contribution in [3.05, 3.63) is 70.5 Å². The predicted molar refractivity (Wildman–Crippen MR) is 126 cm³/mol. The molecule has 160 valence electrons. The van der Waals surface area contributed by atoms with E-state index in [1.807, 2.05) is 56.3 Å². The van der Waals surface area contributed by atoms with Crippen LogP contribution in [-0.4, -0.2) is 29.0 Å². The molecule has 7 heteroatoms. The summed E-state index contributed by atoms with van der Waals surface area (Å²) in [6, 6.07) is 13.7. The van der Waals surface area contributed by atoms with Crippen molar-refractivity contribution in [2.24, 2.45) is 5.92 Å². The van der Waals surface area contributed by atoms with Crippen LogP contribution in [0.4, 0.5) is 11.5 Å². The molecule has 0 saturated carbocycles. The first-order valence-corrected chi connectivity index (χ1v) is 11.2. The molecule has 1 amide bonds. The van der Waals surface area contributed by atoms with Gasteiger partial charge in [0.2, 0.25) is 5.91 Å². The molecule has 0 unspecified atom stereocenters. The molecule has 0 radical (unpaired) electrons. The highest BCUT2D eigenvalue weighted by atomic mass is 79.9.